The Hall–Kier alpha value is -4.56. The lowest BCUT2D eigenvalue weighted by molar-refractivity contribution is -0.239. The predicted molar refractivity (Wildman–Crippen MR) is 157 cm³/mol. The zero-order valence-corrected chi connectivity index (χ0v) is 25.7. The summed E-state index contributed by atoms with van der Waals surface area (Å²) in [7, 11) is 0. The summed E-state index contributed by atoms with van der Waals surface area (Å²) >= 11 is 5.90. The first-order chi connectivity index (χ1) is 20.9. The molecule has 2 aromatic carbocycles. The van der Waals surface area contributed by atoms with Gasteiger partial charge in [-0.05, 0) is 49.0 Å². The van der Waals surface area contributed by atoms with Gasteiger partial charge in [0.2, 0.25) is 10.7 Å². The van der Waals surface area contributed by atoms with Gasteiger partial charge in [-0.1, -0.05) is 30.3 Å². The van der Waals surface area contributed by atoms with Gasteiger partial charge in [-0.25, -0.2) is 4.68 Å². The monoisotopic (exact) mass is 626 g/mol. The second-order valence-corrected chi connectivity index (χ2v) is 10.5. The number of nitrogens with zero attached hydrogens (tertiary/aromatic N) is 3. The summed E-state index contributed by atoms with van der Waals surface area (Å²) in [5.41, 5.74) is 1.70. The first-order valence-electron chi connectivity index (χ1n) is 13.8. The number of hydrogen-bond acceptors (Lipinski definition) is 11. The Morgan fingerprint density at radius 3 is 2.23 bits per heavy atom. The highest BCUT2D eigenvalue weighted by Crippen LogP contribution is 2.33. The standard InChI is InChI=1S/C30H34N4O9S/c1-17-10-9-13-23(14-17)40-16-25-32-34(30(44)33(25)22-11-7-6-8-12-22)29-26(31-18(2)35)28(42-21(5)38)27(41-20(4)37)24(43-29)15-39-19(3)36/h6-14,24,26-29H,15-16H2,1-5H3,(H,31,35)/t24-,26-,27-,28-,29-/m1/s1. The van der Waals surface area contributed by atoms with Crippen LogP contribution in [0, 0.1) is 11.7 Å². The van der Waals surface area contributed by atoms with Crippen molar-refractivity contribution in [1.29, 1.82) is 0 Å². The fraction of sp³-hybridized carbons (Fsp3) is 0.400. The lowest BCUT2D eigenvalue weighted by atomic mass is 9.95. The molecule has 13 nitrogen and oxygen atoms in total. The van der Waals surface area contributed by atoms with Crippen molar-refractivity contribution in [3.05, 3.63) is 70.8 Å². The molecule has 0 bridgehead atoms. The van der Waals surface area contributed by atoms with Crippen LogP contribution in [0.3, 0.4) is 0 Å². The summed E-state index contributed by atoms with van der Waals surface area (Å²) in [5.74, 6) is -1.49. The third-order valence-electron chi connectivity index (χ3n) is 6.57. The SMILES string of the molecule is CC(=O)N[C@@H]1[C@@H](OC(C)=O)[C@H](OC(C)=O)[C@@H](COC(C)=O)O[C@H]1n1nc(COc2cccc(C)c2)n(-c2ccccc2)c1=S. The molecule has 1 saturated heterocycles. The Labute approximate surface area is 259 Å². The maximum atomic E-state index is 12.4. The summed E-state index contributed by atoms with van der Waals surface area (Å²) in [6, 6.07) is 15.6. The number of carbonyl (C=O) groups is 4. The molecule has 3 aromatic rings. The summed E-state index contributed by atoms with van der Waals surface area (Å²) in [4.78, 5) is 48.6. The number of esters is 3. The molecule has 2 heterocycles. The molecule has 234 valence electrons. The number of hydrogen-bond donors (Lipinski definition) is 1. The van der Waals surface area contributed by atoms with Gasteiger partial charge in [-0.3, -0.25) is 23.7 Å². The number of rotatable bonds is 10. The van der Waals surface area contributed by atoms with Gasteiger partial charge < -0.3 is 29.0 Å². The van der Waals surface area contributed by atoms with Crippen molar-refractivity contribution in [1.82, 2.24) is 19.7 Å². The number of nitrogens with one attached hydrogen (secondary N) is 1. The lowest BCUT2D eigenvalue weighted by Gasteiger charge is -2.45. The van der Waals surface area contributed by atoms with Crippen LogP contribution in [0.15, 0.2) is 54.6 Å². The number of amides is 1. The molecule has 1 aliphatic rings. The van der Waals surface area contributed by atoms with Gasteiger partial charge >= 0.3 is 17.9 Å². The highest BCUT2D eigenvalue weighted by atomic mass is 32.1. The first-order valence-corrected chi connectivity index (χ1v) is 14.2. The maximum Gasteiger partial charge on any atom is 0.303 e. The van der Waals surface area contributed by atoms with Gasteiger partial charge in [0.05, 0.1) is 0 Å². The normalized spacial score (nSPS) is 21.2. The van der Waals surface area contributed by atoms with Crippen LogP contribution in [-0.4, -0.2) is 69.1 Å². The maximum absolute atomic E-state index is 12.4. The van der Waals surface area contributed by atoms with E-state index in [1.807, 2.05) is 61.5 Å². The van der Waals surface area contributed by atoms with Gasteiger partial charge in [0.15, 0.2) is 24.3 Å². The van der Waals surface area contributed by atoms with Crippen LogP contribution >= 0.6 is 12.2 Å². The van der Waals surface area contributed by atoms with E-state index >= 15 is 0 Å². The molecule has 0 unspecified atom stereocenters. The lowest BCUT2D eigenvalue weighted by Crippen LogP contribution is -2.64. The number of carbonyl (C=O) groups excluding carboxylic acids is 4. The largest absolute Gasteiger partial charge is 0.486 e. The topological polar surface area (TPSA) is 149 Å². The predicted octanol–water partition coefficient (Wildman–Crippen LogP) is 3.12. The van der Waals surface area contributed by atoms with Crippen LogP contribution in [0.25, 0.3) is 5.69 Å². The summed E-state index contributed by atoms with van der Waals surface area (Å²) in [5, 5.41) is 7.50. The van der Waals surface area contributed by atoms with E-state index in [9.17, 15) is 19.2 Å². The van der Waals surface area contributed by atoms with Crippen molar-refractivity contribution < 1.29 is 42.9 Å². The van der Waals surface area contributed by atoms with Crippen molar-refractivity contribution in [2.75, 3.05) is 6.61 Å². The molecule has 4 rings (SSSR count). The molecule has 1 fully saturated rings. The third kappa shape index (κ3) is 7.88. The van der Waals surface area contributed by atoms with E-state index in [1.54, 1.807) is 4.57 Å². The fourth-order valence-corrected chi connectivity index (χ4v) is 5.25. The molecule has 5 atom stereocenters. The molecule has 44 heavy (non-hydrogen) atoms. The highest BCUT2D eigenvalue weighted by Gasteiger charge is 2.52. The summed E-state index contributed by atoms with van der Waals surface area (Å²) < 4.78 is 32.0. The Morgan fingerprint density at radius 1 is 0.932 bits per heavy atom. The van der Waals surface area contributed by atoms with E-state index < -0.39 is 54.4 Å². The minimum atomic E-state index is -1.27. The van der Waals surface area contributed by atoms with Gasteiger partial charge in [-0.2, -0.15) is 5.10 Å². The minimum Gasteiger partial charge on any atom is -0.486 e. The molecule has 14 heteroatoms. The van der Waals surface area contributed by atoms with E-state index in [0.717, 1.165) is 5.56 Å². The van der Waals surface area contributed by atoms with E-state index in [4.69, 9.17) is 41.0 Å². The summed E-state index contributed by atoms with van der Waals surface area (Å²) in [6.45, 7) is 6.43. The molecular weight excluding hydrogens is 592 g/mol. The van der Waals surface area contributed by atoms with Crippen molar-refractivity contribution >= 4 is 36.0 Å². The average molecular weight is 627 g/mol. The van der Waals surface area contributed by atoms with Crippen molar-refractivity contribution in [2.24, 2.45) is 0 Å². The van der Waals surface area contributed by atoms with Crippen LogP contribution in [0.5, 0.6) is 5.75 Å². The second kappa shape index (κ2) is 14.3. The number of ether oxygens (including phenoxy) is 5. The Kier molecular flexibility index (Phi) is 10.5. The molecule has 1 amide bonds. The van der Waals surface area contributed by atoms with Crippen LogP contribution in [0.1, 0.15) is 45.3 Å². The van der Waals surface area contributed by atoms with Crippen LogP contribution in [0.4, 0.5) is 0 Å². The smallest absolute Gasteiger partial charge is 0.303 e. The Bertz CT molecular complexity index is 1570. The number of para-hydroxylation sites is 1. The molecular formula is C30H34N4O9S. The molecule has 0 spiro atoms. The molecule has 1 aromatic heterocycles. The van der Waals surface area contributed by atoms with Gasteiger partial charge in [0.1, 0.15) is 31.1 Å². The van der Waals surface area contributed by atoms with Gasteiger partial charge in [-0.15, -0.1) is 0 Å². The summed E-state index contributed by atoms with van der Waals surface area (Å²) in [6.07, 6.45) is -4.85. The molecule has 0 aliphatic carbocycles. The van der Waals surface area contributed by atoms with Gasteiger partial charge in [0.25, 0.3) is 0 Å². The average Bonchev–Trinajstić information content (AvgIpc) is 3.28. The van der Waals surface area contributed by atoms with Crippen LogP contribution in [-0.2, 0) is 44.7 Å². The first kappa shape index (κ1) is 32.4. The minimum absolute atomic E-state index is 0.00678. The zero-order valence-electron chi connectivity index (χ0n) is 24.9. The van der Waals surface area contributed by atoms with E-state index in [-0.39, 0.29) is 18.0 Å². The van der Waals surface area contributed by atoms with E-state index in [1.165, 1.54) is 32.4 Å². The molecule has 1 N–H and O–H groups in total. The molecule has 1 aliphatic heterocycles. The van der Waals surface area contributed by atoms with Crippen LogP contribution in [0.2, 0.25) is 0 Å². The fourth-order valence-electron chi connectivity index (χ4n) is 4.89. The van der Waals surface area contributed by atoms with Gasteiger partial charge in [0, 0.05) is 33.4 Å². The quantitative estimate of drug-likeness (QED) is 0.201. The molecule has 0 saturated carbocycles. The number of aromatic nitrogens is 3. The van der Waals surface area contributed by atoms with Crippen molar-refractivity contribution in [2.45, 2.75) is 71.8 Å². The third-order valence-corrected chi connectivity index (χ3v) is 6.94. The van der Waals surface area contributed by atoms with E-state index in [2.05, 4.69) is 5.32 Å². The number of aryl methyl sites for hydroxylation is 1. The van der Waals surface area contributed by atoms with Crippen molar-refractivity contribution in [3.63, 3.8) is 0 Å². The highest BCUT2D eigenvalue weighted by molar-refractivity contribution is 7.71. The Balaban J connectivity index is 1.85. The second-order valence-electron chi connectivity index (χ2n) is 10.2. The Morgan fingerprint density at radius 2 is 1.61 bits per heavy atom. The zero-order chi connectivity index (χ0) is 32.0. The van der Waals surface area contributed by atoms with Crippen molar-refractivity contribution in [3.8, 4) is 11.4 Å². The van der Waals surface area contributed by atoms with E-state index in [0.29, 0.717) is 17.3 Å². The van der Waals surface area contributed by atoms with Crippen LogP contribution < -0.4 is 10.1 Å². The number of benzene rings is 2. The molecule has 0 radical (unpaired) electrons.